The van der Waals surface area contributed by atoms with E-state index in [2.05, 4.69) is 10.2 Å². The quantitative estimate of drug-likeness (QED) is 0.481. The Balaban J connectivity index is 4.70. The molecule has 0 saturated carbocycles. The first-order valence-corrected chi connectivity index (χ1v) is 7.00. The molecule has 0 aliphatic heterocycles. The maximum Gasteiger partial charge on any atom is 0.408 e. The summed E-state index contributed by atoms with van der Waals surface area (Å²) in [4.78, 5) is 27.1. The van der Waals surface area contributed by atoms with Gasteiger partial charge >= 0.3 is 12.1 Å². The highest BCUT2D eigenvalue weighted by molar-refractivity contribution is 5.81. The molecule has 0 heterocycles. The van der Waals surface area contributed by atoms with E-state index in [-0.39, 0.29) is 0 Å². The molecule has 0 aliphatic carbocycles. The lowest BCUT2D eigenvalue weighted by Crippen LogP contribution is -2.46. The van der Waals surface area contributed by atoms with E-state index in [4.69, 9.17) is 16.0 Å². The molecule has 0 fully saturated rings. The average Bonchev–Trinajstić information content (AvgIpc) is 2.22. The van der Waals surface area contributed by atoms with Crippen LogP contribution in [-0.4, -0.2) is 35.9 Å². The minimum Gasteiger partial charge on any atom is -0.458 e. The SMILES string of the molecule is [C-]#[N+]CCC[C@H](NC(=O)OC(C)(C)C)C(=O)OC(C)(C)C. The minimum absolute atomic E-state index is 0.301. The molecule has 0 aromatic carbocycles. The molecule has 0 aromatic heterocycles. The van der Waals surface area contributed by atoms with Crippen molar-refractivity contribution in [1.29, 1.82) is 0 Å². The summed E-state index contributed by atoms with van der Waals surface area (Å²) in [6, 6.07) is -0.805. The van der Waals surface area contributed by atoms with Crippen LogP contribution in [0.2, 0.25) is 0 Å². The molecule has 0 bridgehead atoms. The highest BCUT2D eigenvalue weighted by Crippen LogP contribution is 2.12. The Kier molecular flexibility index (Phi) is 7.20. The second kappa shape index (κ2) is 7.87. The van der Waals surface area contributed by atoms with Gasteiger partial charge in [0.1, 0.15) is 17.2 Å². The Labute approximate surface area is 127 Å². The smallest absolute Gasteiger partial charge is 0.408 e. The van der Waals surface area contributed by atoms with Crippen LogP contribution < -0.4 is 5.32 Å². The zero-order valence-corrected chi connectivity index (χ0v) is 13.8. The van der Waals surface area contributed by atoms with E-state index in [0.29, 0.717) is 19.4 Å². The van der Waals surface area contributed by atoms with Crippen LogP contribution in [0.25, 0.3) is 4.85 Å². The van der Waals surface area contributed by atoms with E-state index in [1.807, 2.05) is 0 Å². The topological polar surface area (TPSA) is 69.0 Å². The molecule has 1 N–H and O–H groups in total. The molecule has 6 heteroatoms. The van der Waals surface area contributed by atoms with Crippen LogP contribution in [0.1, 0.15) is 54.4 Å². The number of carbonyl (C=O) groups is 2. The fraction of sp³-hybridized carbons (Fsp3) is 0.800. The standard InChI is InChI=1S/C15H26N2O4/c1-14(2,3)20-12(18)11(9-8-10-16-7)17-13(19)21-15(4,5)6/h11H,8-10H2,1-6H3,(H,17,19)/t11-/m0/s1. The van der Waals surface area contributed by atoms with E-state index in [1.54, 1.807) is 41.5 Å². The number of nitrogens with one attached hydrogen (secondary N) is 1. The van der Waals surface area contributed by atoms with Crippen molar-refractivity contribution < 1.29 is 19.1 Å². The summed E-state index contributed by atoms with van der Waals surface area (Å²) in [5.41, 5.74) is -1.27. The number of alkyl carbamates (subject to hydrolysis) is 1. The first kappa shape index (κ1) is 19.2. The molecule has 0 unspecified atom stereocenters. The Morgan fingerprint density at radius 2 is 1.62 bits per heavy atom. The van der Waals surface area contributed by atoms with Crippen molar-refractivity contribution in [2.24, 2.45) is 0 Å². The van der Waals surface area contributed by atoms with Gasteiger partial charge in [-0.1, -0.05) is 0 Å². The molecular weight excluding hydrogens is 272 g/mol. The van der Waals surface area contributed by atoms with Gasteiger partial charge in [-0.15, -0.1) is 0 Å². The molecule has 1 atom stereocenters. The third-order valence-electron chi connectivity index (χ3n) is 2.14. The third-order valence-corrected chi connectivity index (χ3v) is 2.14. The Hall–Kier alpha value is -1.77. The normalized spacial score (nSPS) is 13.0. The Bertz CT molecular complexity index is 399. The van der Waals surface area contributed by atoms with Gasteiger partial charge in [-0.25, -0.2) is 16.2 Å². The van der Waals surface area contributed by atoms with Gasteiger partial charge in [-0.2, -0.15) is 0 Å². The van der Waals surface area contributed by atoms with Crippen molar-refractivity contribution in [3.63, 3.8) is 0 Å². The van der Waals surface area contributed by atoms with Crippen molar-refractivity contribution in [2.75, 3.05) is 6.54 Å². The Morgan fingerprint density at radius 3 is 2.05 bits per heavy atom. The summed E-state index contributed by atoms with van der Waals surface area (Å²) in [6.07, 6.45) is 0.181. The monoisotopic (exact) mass is 298 g/mol. The maximum absolute atomic E-state index is 12.1. The average molecular weight is 298 g/mol. The molecule has 0 aliphatic rings. The van der Waals surface area contributed by atoms with Crippen LogP contribution in [0, 0.1) is 6.57 Å². The zero-order chi connectivity index (χ0) is 16.7. The second-order valence-electron chi connectivity index (χ2n) is 6.76. The molecule has 0 rings (SSSR count). The minimum atomic E-state index is -0.805. The fourth-order valence-electron chi connectivity index (χ4n) is 1.45. The van der Waals surface area contributed by atoms with Gasteiger partial charge in [0.15, 0.2) is 0 Å². The molecule has 0 radical (unpaired) electrons. The molecule has 21 heavy (non-hydrogen) atoms. The van der Waals surface area contributed by atoms with Crippen LogP contribution >= 0.6 is 0 Å². The maximum atomic E-state index is 12.1. The van der Waals surface area contributed by atoms with E-state index in [0.717, 1.165) is 0 Å². The summed E-state index contributed by atoms with van der Waals surface area (Å²) in [7, 11) is 0. The van der Waals surface area contributed by atoms with Gasteiger partial charge in [0.25, 0.3) is 0 Å². The van der Waals surface area contributed by atoms with E-state index >= 15 is 0 Å². The lowest BCUT2D eigenvalue weighted by atomic mass is 10.1. The first-order chi connectivity index (χ1) is 9.44. The van der Waals surface area contributed by atoms with Crippen molar-refractivity contribution in [3.8, 4) is 0 Å². The number of rotatable bonds is 5. The van der Waals surface area contributed by atoms with Crippen molar-refractivity contribution in [3.05, 3.63) is 11.4 Å². The fourth-order valence-corrected chi connectivity index (χ4v) is 1.45. The zero-order valence-electron chi connectivity index (χ0n) is 13.8. The molecule has 0 saturated heterocycles. The van der Waals surface area contributed by atoms with Crippen LogP contribution in [0.15, 0.2) is 0 Å². The molecule has 120 valence electrons. The highest BCUT2D eigenvalue weighted by Gasteiger charge is 2.28. The molecule has 6 nitrogen and oxygen atoms in total. The van der Waals surface area contributed by atoms with Crippen LogP contribution in [0.5, 0.6) is 0 Å². The van der Waals surface area contributed by atoms with Gasteiger partial charge in [-0.3, -0.25) is 0 Å². The van der Waals surface area contributed by atoms with E-state index < -0.39 is 29.3 Å². The van der Waals surface area contributed by atoms with Crippen LogP contribution in [0.4, 0.5) is 4.79 Å². The largest absolute Gasteiger partial charge is 0.458 e. The van der Waals surface area contributed by atoms with Crippen LogP contribution in [0.3, 0.4) is 0 Å². The summed E-state index contributed by atoms with van der Waals surface area (Å²) in [5, 5.41) is 2.52. The lowest BCUT2D eigenvalue weighted by Gasteiger charge is -2.26. The van der Waals surface area contributed by atoms with Gasteiger partial charge < -0.3 is 19.6 Å². The summed E-state index contributed by atoms with van der Waals surface area (Å²) >= 11 is 0. The van der Waals surface area contributed by atoms with Crippen molar-refractivity contribution >= 4 is 12.1 Å². The number of esters is 1. The number of ether oxygens (including phenoxy) is 2. The summed E-state index contributed by atoms with van der Waals surface area (Å²) in [5.74, 6) is -0.515. The first-order valence-electron chi connectivity index (χ1n) is 7.00. The second-order valence-corrected chi connectivity index (χ2v) is 6.76. The number of amides is 1. The predicted molar refractivity (Wildman–Crippen MR) is 79.7 cm³/mol. The highest BCUT2D eigenvalue weighted by atomic mass is 16.6. The van der Waals surface area contributed by atoms with Gasteiger partial charge in [-0.05, 0) is 48.0 Å². The number of hydrogen-bond donors (Lipinski definition) is 1. The molecule has 0 spiro atoms. The molecule has 1 amide bonds. The number of hydrogen-bond acceptors (Lipinski definition) is 4. The predicted octanol–water partition coefficient (Wildman–Crippen LogP) is 2.92. The van der Waals surface area contributed by atoms with Crippen molar-refractivity contribution in [1.82, 2.24) is 5.32 Å². The molecular formula is C15H26N2O4. The number of nitrogens with zero attached hydrogens (tertiary/aromatic N) is 1. The lowest BCUT2D eigenvalue weighted by molar-refractivity contribution is -0.157. The summed E-state index contributed by atoms with van der Waals surface area (Å²) < 4.78 is 10.4. The van der Waals surface area contributed by atoms with Gasteiger partial charge in [0.2, 0.25) is 6.54 Å². The van der Waals surface area contributed by atoms with Gasteiger partial charge in [0.05, 0.1) is 0 Å². The Morgan fingerprint density at radius 1 is 1.10 bits per heavy atom. The van der Waals surface area contributed by atoms with E-state index in [1.165, 1.54) is 0 Å². The third kappa shape index (κ3) is 10.7. The van der Waals surface area contributed by atoms with Crippen molar-refractivity contribution in [2.45, 2.75) is 71.6 Å². The van der Waals surface area contributed by atoms with Crippen LogP contribution in [-0.2, 0) is 14.3 Å². The number of carbonyl (C=O) groups excluding carboxylic acids is 2. The molecule has 0 aromatic rings. The van der Waals surface area contributed by atoms with E-state index in [9.17, 15) is 9.59 Å². The summed E-state index contributed by atoms with van der Waals surface area (Å²) in [6.45, 7) is 17.6. The van der Waals surface area contributed by atoms with Gasteiger partial charge in [0, 0.05) is 6.42 Å².